The highest BCUT2D eigenvalue weighted by Crippen LogP contribution is 2.20. The molecule has 0 spiro atoms. The summed E-state index contributed by atoms with van der Waals surface area (Å²) in [6, 6.07) is 6.01. The first-order valence-electron chi connectivity index (χ1n) is 3.96. The largest absolute Gasteiger partial charge is 0.251 e. The molecule has 1 aromatic rings. The van der Waals surface area contributed by atoms with Crippen LogP contribution in [0.15, 0.2) is 33.6 Å². The summed E-state index contributed by atoms with van der Waals surface area (Å²) in [5.74, 6) is 0. The molecule has 15 heavy (non-hydrogen) atoms. The molecule has 0 aliphatic rings. The number of halogens is 3. The van der Waals surface area contributed by atoms with Crippen LogP contribution in [0.1, 0.15) is 0 Å². The predicted octanol–water partition coefficient (Wildman–Crippen LogP) is 1.99. The van der Waals surface area contributed by atoms with E-state index in [4.69, 9.17) is 0 Å². The van der Waals surface area contributed by atoms with Crippen molar-refractivity contribution in [2.24, 2.45) is 0 Å². The highest BCUT2D eigenvalue weighted by molar-refractivity contribution is 9.10. The standard InChI is InChI=1S/C8H8BrF2NO2S/c9-6-3-1-2-4-7(6)15(13,14)12-5-8(10)11/h1-4,8,12H,5H2. The summed E-state index contributed by atoms with van der Waals surface area (Å²) in [7, 11) is -3.86. The molecule has 0 heterocycles. The van der Waals surface area contributed by atoms with Crippen molar-refractivity contribution in [2.75, 3.05) is 6.54 Å². The number of hydrogen-bond acceptors (Lipinski definition) is 2. The molecule has 0 bridgehead atoms. The maximum atomic E-state index is 11.8. The van der Waals surface area contributed by atoms with Gasteiger partial charge in [0.25, 0.3) is 6.43 Å². The molecule has 1 rings (SSSR count). The van der Waals surface area contributed by atoms with Gasteiger partial charge in [-0.2, -0.15) is 0 Å². The van der Waals surface area contributed by atoms with Crippen LogP contribution in [0, 0.1) is 0 Å². The summed E-state index contributed by atoms with van der Waals surface area (Å²) in [6.07, 6.45) is -2.71. The van der Waals surface area contributed by atoms with E-state index in [1.54, 1.807) is 6.07 Å². The Labute approximate surface area is 94.7 Å². The van der Waals surface area contributed by atoms with Gasteiger partial charge in [-0.15, -0.1) is 0 Å². The second-order valence-electron chi connectivity index (χ2n) is 2.67. The van der Waals surface area contributed by atoms with Gasteiger partial charge in [0.2, 0.25) is 10.0 Å². The van der Waals surface area contributed by atoms with Gasteiger partial charge in [0.15, 0.2) is 0 Å². The second kappa shape index (κ2) is 5.00. The Morgan fingerprint density at radius 1 is 1.33 bits per heavy atom. The first kappa shape index (κ1) is 12.5. The van der Waals surface area contributed by atoms with Crippen LogP contribution in [-0.4, -0.2) is 21.4 Å². The molecule has 0 unspecified atom stereocenters. The molecule has 1 aromatic carbocycles. The fourth-order valence-electron chi connectivity index (χ4n) is 0.913. The molecule has 0 saturated heterocycles. The third kappa shape index (κ3) is 3.51. The minimum Gasteiger partial charge on any atom is -0.209 e. The maximum Gasteiger partial charge on any atom is 0.251 e. The molecule has 1 N–H and O–H groups in total. The number of hydrogen-bond donors (Lipinski definition) is 1. The van der Waals surface area contributed by atoms with Crippen LogP contribution < -0.4 is 4.72 Å². The molecule has 0 aliphatic heterocycles. The third-order valence-electron chi connectivity index (χ3n) is 1.55. The van der Waals surface area contributed by atoms with E-state index in [1.165, 1.54) is 18.2 Å². The van der Waals surface area contributed by atoms with Crippen LogP contribution in [0.25, 0.3) is 0 Å². The van der Waals surface area contributed by atoms with Crippen LogP contribution in [0.2, 0.25) is 0 Å². The monoisotopic (exact) mass is 299 g/mol. The Kier molecular flexibility index (Phi) is 4.18. The fourth-order valence-corrected chi connectivity index (χ4v) is 2.92. The van der Waals surface area contributed by atoms with Crippen molar-refractivity contribution in [3.05, 3.63) is 28.7 Å². The van der Waals surface area contributed by atoms with E-state index in [9.17, 15) is 17.2 Å². The number of rotatable bonds is 4. The third-order valence-corrected chi connectivity index (χ3v) is 3.99. The van der Waals surface area contributed by atoms with Gasteiger partial charge in [-0.05, 0) is 28.1 Å². The van der Waals surface area contributed by atoms with Gasteiger partial charge in [0.05, 0.1) is 11.4 Å². The molecule has 3 nitrogen and oxygen atoms in total. The van der Waals surface area contributed by atoms with E-state index in [-0.39, 0.29) is 4.90 Å². The van der Waals surface area contributed by atoms with E-state index in [1.807, 2.05) is 4.72 Å². The summed E-state index contributed by atoms with van der Waals surface area (Å²) in [6.45, 7) is -0.885. The van der Waals surface area contributed by atoms with Crippen LogP contribution in [0.4, 0.5) is 8.78 Å². The zero-order chi connectivity index (χ0) is 11.5. The van der Waals surface area contributed by atoms with Crippen molar-refractivity contribution in [2.45, 2.75) is 11.3 Å². The average Bonchev–Trinajstić information content (AvgIpc) is 2.15. The van der Waals surface area contributed by atoms with E-state index >= 15 is 0 Å². The van der Waals surface area contributed by atoms with E-state index in [0.717, 1.165) is 0 Å². The zero-order valence-corrected chi connectivity index (χ0v) is 9.85. The summed E-state index contributed by atoms with van der Waals surface area (Å²) >= 11 is 3.03. The summed E-state index contributed by atoms with van der Waals surface area (Å²) in [5.41, 5.74) is 0. The van der Waals surface area contributed by atoms with E-state index in [0.29, 0.717) is 4.47 Å². The predicted molar refractivity (Wildman–Crippen MR) is 55.3 cm³/mol. The zero-order valence-electron chi connectivity index (χ0n) is 7.45. The number of sulfonamides is 1. The van der Waals surface area contributed by atoms with Crippen molar-refractivity contribution in [3.8, 4) is 0 Å². The first-order valence-corrected chi connectivity index (χ1v) is 6.23. The lowest BCUT2D eigenvalue weighted by atomic mass is 10.4. The number of alkyl halides is 2. The van der Waals surface area contributed by atoms with Gasteiger partial charge in [-0.25, -0.2) is 21.9 Å². The summed E-state index contributed by atoms with van der Waals surface area (Å²) < 4.78 is 48.8. The van der Waals surface area contributed by atoms with Crippen LogP contribution in [0.3, 0.4) is 0 Å². The summed E-state index contributed by atoms with van der Waals surface area (Å²) in [4.78, 5) is -0.0503. The van der Waals surface area contributed by atoms with Crippen molar-refractivity contribution >= 4 is 26.0 Å². The second-order valence-corrected chi connectivity index (χ2v) is 5.26. The summed E-state index contributed by atoms with van der Waals surface area (Å²) in [5, 5.41) is 0. The normalized spacial score (nSPS) is 12.0. The molecular weight excluding hydrogens is 292 g/mol. The quantitative estimate of drug-likeness (QED) is 0.924. The van der Waals surface area contributed by atoms with Gasteiger partial charge in [0.1, 0.15) is 0 Å². The molecule has 0 radical (unpaired) electrons. The highest BCUT2D eigenvalue weighted by atomic mass is 79.9. The van der Waals surface area contributed by atoms with Crippen molar-refractivity contribution in [1.29, 1.82) is 0 Å². The van der Waals surface area contributed by atoms with Crippen molar-refractivity contribution < 1.29 is 17.2 Å². The lowest BCUT2D eigenvalue weighted by molar-refractivity contribution is 0.153. The smallest absolute Gasteiger partial charge is 0.209 e. The van der Waals surface area contributed by atoms with Gasteiger partial charge in [0, 0.05) is 4.47 Å². The van der Waals surface area contributed by atoms with Gasteiger partial charge in [-0.3, -0.25) is 0 Å². The van der Waals surface area contributed by atoms with Crippen LogP contribution in [-0.2, 0) is 10.0 Å². The minimum atomic E-state index is -3.86. The minimum absolute atomic E-state index is 0.0503. The van der Waals surface area contributed by atoms with Crippen LogP contribution >= 0.6 is 15.9 Å². The Bertz CT molecular complexity index is 436. The fraction of sp³-hybridized carbons (Fsp3) is 0.250. The molecule has 7 heteroatoms. The molecule has 0 aliphatic carbocycles. The van der Waals surface area contributed by atoms with Gasteiger partial charge >= 0.3 is 0 Å². The Balaban J connectivity index is 2.92. The topological polar surface area (TPSA) is 46.2 Å². The molecule has 0 atom stereocenters. The average molecular weight is 300 g/mol. The molecule has 0 aromatic heterocycles. The Morgan fingerprint density at radius 3 is 2.47 bits per heavy atom. The van der Waals surface area contributed by atoms with Crippen molar-refractivity contribution in [3.63, 3.8) is 0 Å². The van der Waals surface area contributed by atoms with E-state index < -0.39 is 23.0 Å². The van der Waals surface area contributed by atoms with Crippen LogP contribution in [0.5, 0.6) is 0 Å². The Hall–Kier alpha value is -0.530. The first-order chi connectivity index (χ1) is 6.93. The molecule has 0 saturated carbocycles. The molecule has 84 valence electrons. The maximum absolute atomic E-state index is 11.8. The lowest BCUT2D eigenvalue weighted by Crippen LogP contribution is -2.28. The molecule has 0 amide bonds. The van der Waals surface area contributed by atoms with E-state index in [2.05, 4.69) is 15.9 Å². The molecular formula is C8H8BrF2NO2S. The number of benzene rings is 1. The van der Waals surface area contributed by atoms with Gasteiger partial charge < -0.3 is 0 Å². The molecule has 0 fully saturated rings. The Morgan fingerprint density at radius 2 is 1.93 bits per heavy atom. The SMILES string of the molecule is O=S(=O)(NCC(F)F)c1ccccc1Br. The lowest BCUT2D eigenvalue weighted by Gasteiger charge is -2.07. The number of nitrogens with one attached hydrogen (secondary N) is 1. The van der Waals surface area contributed by atoms with Gasteiger partial charge in [-0.1, -0.05) is 12.1 Å². The van der Waals surface area contributed by atoms with Crippen molar-refractivity contribution in [1.82, 2.24) is 4.72 Å². The highest BCUT2D eigenvalue weighted by Gasteiger charge is 2.18.